The molecule has 1 unspecified atom stereocenters. The Morgan fingerprint density at radius 2 is 1.90 bits per heavy atom. The first-order valence-corrected chi connectivity index (χ1v) is 10.6. The molecule has 0 radical (unpaired) electrons. The number of thioether (sulfide) groups is 1. The fraction of sp³-hybridized carbons (Fsp3) is 0.261. The maximum atomic E-state index is 12.9. The topological polar surface area (TPSA) is 60.2 Å². The highest BCUT2D eigenvalue weighted by molar-refractivity contribution is 8.00. The van der Waals surface area contributed by atoms with Crippen LogP contribution in [0, 0.1) is 0 Å². The van der Waals surface area contributed by atoms with Crippen molar-refractivity contribution in [3.05, 3.63) is 72.8 Å². The highest BCUT2D eigenvalue weighted by Gasteiger charge is 2.23. The lowest BCUT2D eigenvalue weighted by Crippen LogP contribution is -2.33. The summed E-state index contributed by atoms with van der Waals surface area (Å²) in [5, 5.41) is 9.09. The predicted octanol–water partition coefficient (Wildman–Crippen LogP) is 4.28. The maximum absolute atomic E-state index is 12.9. The van der Waals surface area contributed by atoms with Crippen molar-refractivity contribution in [2.45, 2.75) is 30.4 Å². The Bertz CT molecular complexity index is 1000. The minimum atomic E-state index is -0.308. The van der Waals surface area contributed by atoms with Crippen LogP contribution >= 0.6 is 11.8 Å². The van der Waals surface area contributed by atoms with Crippen LogP contribution in [-0.2, 0) is 17.9 Å². The van der Waals surface area contributed by atoms with Gasteiger partial charge in [-0.05, 0) is 24.6 Å². The highest BCUT2D eigenvalue weighted by atomic mass is 32.2. The number of carbonyl (C=O) groups is 1. The van der Waals surface area contributed by atoms with Gasteiger partial charge in [0.2, 0.25) is 5.91 Å². The van der Waals surface area contributed by atoms with Crippen LogP contribution in [0.3, 0.4) is 0 Å². The lowest BCUT2D eigenvalue weighted by atomic mass is 10.2. The molecule has 3 aromatic rings. The molecule has 1 aromatic heterocycles. The van der Waals surface area contributed by atoms with Crippen molar-refractivity contribution in [3.8, 4) is 17.1 Å². The third-order valence-electron chi connectivity index (χ3n) is 4.65. The van der Waals surface area contributed by atoms with Crippen molar-refractivity contribution in [1.82, 2.24) is 19.7 Å². The van der Waals surface area contributed by atoms with Crippen LogP contribution in [0.1, 0.15) is 12.5 Å². The maximum Gasteiger partial charge on any atom is 0.235 e. The number of aromatic nitrogens is 3. The summed E-state index contributed by atoms with van der Waals surface area (Å²) < 4.78 is 7.43. The number of ether oxygens (including phenoxy) is 1. The molecule has 1 amide bonds. The van der Waals surface area contributed by atoms with Crippen LogP contribution in [0.4, 0.5) is 0 Å². The summed E-state index contributed by atoms with van der Waals surface area (Å²) in [4.78, 5) is 14.6. The van der Waals surface area contributed by atoms with Gasteiger partial charge in [0, 0.05) is 20.1 Å². The van der Waals surface area contributed by atoms with E-state index in [2.05, 4.69) is 16.8 Å². The number of rotatable bonds is 9. The van der Waals surface area contributed by atoms with E-state index in [1.165, 1.54) is 11.8 Å². The molecular weight excluding hydrogens is 396 g/mol. The van der Waals surface area contributed by atoms with Gasteiger partial charge in [0.1, 0.15) is 5.75 Å². The van der Waals surface area contributed by atoms with Crippen molar-refractivity contribution in [3.63, 3.8) is 0 Å². The van der Waals surface area contributed by atoms with Gasteiger partial charge in [0.15, 0.2) is 11.0 Å². The Kier molecular flexibility index (Phi) is 7.30. The van der Waals surface area contributed by atoms with E-state index in [0.717, 1.165) is 16.9 Å². The molecule has 6 nitrogen and oxygen atoms in total. The fourth-order valence-corrected chi connectivity index (χ4v) is 4.13. The summed E-state index contributed by atoms with van der Waals surface area (Å²) >= 11 is 1.40. The molecule has 0 saturated heterocycles. The summed E-state index contributed by atoms with van der Waals surface area (Å²) in [6, 6.07) is 17.6. The summed E-state index contributed by atoms with van der Waals surface area (Å²) in [5.41, 5.74) is 1.94. The first-order chi connectivity index (χ1) is 14.5. The summed E-state index contributed by atoms with van der Waals surface area (Å²) in [5.74, 6) is 1.45. The van der Waals surface area contributed by atoms with E-state index in [0.29, 0.717) is 24.1 Å². The SMILES string of the molecule is C=CCn1c(SC(C)C(=O)N(C)Cc2ccccc2)nnc1-c1ccccc1OC. The van der Waals surface area contributed by atoms with Crippen LogP contribution in [0.15, 0.2) is 72.4 Å². The molecule has 0 aliphatic heterocycles. The molecule has 0 aliphatic rings. The van der Waals surface area contributed by atoms with Gasteiger partial charge in [0.05, 0.1) is 17.9 Å². The Morgan fingerprint density at radius 1 is 1.20 bits per heavy atom. The van der Waals surface area contributed by atoms with Crippen LogP contribution in [-0.4, -0.2) is 45.0 Å². The van der Waals surface area contributed by atoms with Crippen molar-refractivity contribution in [2.75, 3.05) is 14.2 Å². The van der Waals surface area contributed by atoms with E-state index < -0.39 is 0 Å². The van der Waals surface area contributed by atoms with Gasteiger partial charge in [-0.25, -0.2) is 0 Å². The van der Waals surface area contributed by atoms with Crippen LogP contribution in [0.25, 0.3) is 11.4 Å². The van der Waals surface area contributed by atoms with Crippen LogP contribution in [0.2, 0.25) is 0 Å². The quantitative estimate of drug-likeness (QED) is 0.381. The molecule has 1 heterocycles. The molecule has 156 valence electrons. The summed E-state index contributed by atoms with van der Waals surface area (Å²) in [6.45, 7) is 6.84. The molecule has 0 bridgehead atoms. The molecule has 0 fully saturated rings. The van der Waals surface area contributed by atoms with E-state index in [1.807, 2.05) is 73.1 Å². The lowest BCUT2D eigenvalue weighted by molar-refractivity contribution is -0.129. The van der Waals surface area contributed by atoms with E-state index in [-0.39, 0.29) is 11.2 Å². The van der Waals surface area contributed by atoms with Gasteiger partial charge < -0.3 is 9.64 Å². The second-order valence-electron chi connectivity index (χ2n) is 6.85. The Labute approximate surface area is 181 Å². The second kappa shape index (κ2) is 10.1. The molecule has 1 atom stereocenters. The minimum absolute atomic E-state index is 0.0378. The molecule has 3 rings (SSSR count). The van der Waals surface area contributed by atoms with Crippen molar-refractivity contribution < 1.29 is 9.53 Å². The Hall–Kier alpha value is -3.06. The number of nitrogens with zero attached hydrogens (tertiary/aromatic N) is 4. The van der Waals surface area contributed by atoms with Crippen LogP contribution < -0.4 is 4.74 Å². The molecule has 0 saturated carbocycles. The predicted molar refractivity (Wildman–Crippen MR) is 120 cm³/mol. The molecule has 7 heteroatoms. The normalized spacial score (nSPS) is 11.7. The Balaban J connectivity index is 1.79. The largest absolute Gasteiger partial charge is 0.496 e. The molecular formula is C23H26N4O2S. The zero-order valence-corrected chi connectivity index (χ0v) is 18.3. The first-order valence-electron chi connectivity index (χ1n) is 9.68. The van der Waals surface area contributed by atoms with Gasteiger partial charge in [-0.1, -0.05) is 60.3 Å². The second-order valence-corrected chi connectivity index (χ2v) is 8.15. The van der Waals surface area contributed by atoms with Crippen LogP contribution in [0.5, 0.6) is 5.75 Å². The van der Waals surface area contributed by atoms with E-state index >= 15 is 0 Å². The average molecular weight is 423 g/mol. The van der Waals surface area contributed by atoms with Gasteiger partial charge in [-0.15, -0.1) is 16.8 Å². The molecule has 0 aliphatic carbocycles. The zero-order chi connectivity index (χ0) is 21.5. The van der Waals surface area contributed by atoms with Gasteiger partial charge in [0.25, 0.3) is 0 Å². The lowest BCUT2D eigenvalue weighted by Gasteiger charge is -2.21. The third kappa shape index (κ3) is 4.91. The van der Waals surface area contributed by atoms with E-state index in [4.69, 9.17) is 4.74 Å². The van der Waals surface area contributed by atoms with Crippen molar-refractivity contribution in [2.24, 2.45) is 0 Å². The van der Waals surface area contributed by atoms with Crippen molar-refractivity contribution in [1.29, 1.82) is 0 Å². The smallest absolute Gasteiger partial charge is 0.235 e. The number of hydrogen-bond donors (Lipinski definition) is 0. The Morgan fingerprint density at radius 3 is 2.60 bits per heavy atom. The zero-order valence-electron chi connectivity index (χ0n) is 17.5. The number of hydrogen-bond acceptors (Lipinski definition) is 5. The van der Waals surface area contributed by atoms with Gasteiger partial charge in [-0.2, -0.15) is 0 Å². The molecule has 30 heavy (non-hydrogen) atoms. The number of benzene rings is 2. The van der Waals surface area contributed by atoms with Crippen molar-refractivity contribution >= 4 is 17.7 Å². The monoisotopic (exact) mass is 422 g/mol. The van der Waals surface area contributed by atoms with Gasteiger partial charge >= 0.3 is 0 Å². The summed E-state index contributed by atoms with van der Waals surface area (Å²) in [6.07, 6.45) is 1.79. The first kappa shape index (κ1) is 21.6. The highest BCUT2D eigenvalue weighted by Crippen LogP contribution is 2.32. The van der Waals surface area contributed by atoms with E-state index in [9.17, 15) is 4.79 Å². The molecule has 0 spiro atoms. The number of carbonyl (C=O) groups excluding carboxylic acids is 1. The fourth-order valence-electron chi connectivity index (χ4n) is 3.15. The number of para-hydroxylation sites is 1. The number of amides is 1. The molecule has 2 aromatic carbocycles. The third-order valence-corrected chi connectivity index (χ3v) is 5.71. The minimum Gasteiger partial charge on any atom is -0.496 e. The van der Waals surface area contributed by atoms with Gasteiger partial charge in [-0.3, -0.25) is 9.36 Å². The average Bonchev–Trinajstić information content (AvgIpc) is 3.16. The number of allylic oxidation sites excluding steroid dienone is 1. The van der Waals surface area contributed by atoms with E-state index in [1.54, 1.807) is 18.1 Å². The molecule has 0 N–H and O–H groups in total. The number of methoxy groups -OCH3 is 1. The summed E-state index contributed by atoms with van der Waals surface area (Å²) in [7, 11) is 3.45. The standard InChI is InChI=1S/C23H26N4O2S/c1-5-15-27-21(19-13-9-10-14-20(19)29-4)24-25-23(27)30-17(2)22(28)26(3)16-18-11-7-6-8-12-18/h5-14,17H,1,15-16H2,2-4H3.